The molecule has 0 unspecified atom stereocenters. The van der Waals surface area contributed by atoms with Crippen LogP contribution < -0.4 is 9.64 Å². The summed E-state index contributed by atoms with van der Waals surface area (Å²) in [6.07, 6.45) is -0.405. The third-order valence-electron chi connectivity index (χ3n) is 3.36. The number of fused-ring (bicyclic) bond motifs is 1. The zero-order valence-corrected chi connectivity index (χ0v) is 11.7. The van der Waals surface area contributed by atoms with Crippen molar-refractivity contribution in [1.29, 1.82) is 0 Å². The maximum absolute atomic E-state index is 12.3. The molecular weight excluding hydrogens is 262 g/mol. The summed E-state index contributed by atoms with van der Waals surface area (Å²) in [5, 5.41) is 1.97. The van der Waals surface area contributed by atoms with E-state index in [9.17, 15) is 4.79 Å². The highest BCUT2D eigenvalue weighted by molar-refractivity contribution is 5.93. The molecule has 3 nitrogen and oxygen atoms in total. The first-order chi connectivity index (χ1) is 10.3. The van der Waals surface area contributed by atoms with Crippen LogP contribution in [0.1, 0.15) is 0 Å². The molecular formula is C18H15NO2. The summed E-state index contributed by atoms with van der Waals surface area (Å²) >= 11 is 0. The smallest absolute Gasteiger partial charge is 0.409 e. The summed E-state index contributed by atoms with van der Waals surface area (Å²) in [6, 6.07) is 22.9. The molecule has 0 radical (unpaired) electrons. The Balaban J connectivity index is 1.87. The quantitative estimate of drug-likeness (QED) is 0.691. The lowest BCUT2D eigenvalue weighted by atomic mass is 10.1. The Morgan fingerprint density at radius 1 is 0.857 bits per heavy atom. The second-order valence-corrected chi connectivity index (χ2v) is 4.74. The van der Waals surface area contributed by atoms with Crippen molar-refractivity contribution in [2.75, 3.05) is 11.9 Å². The van der Waals surface area contributed by atoms with Crippen LogP contribution in [0.15, 0.2) is 72.8 Å². The molecule has 3 aromatic rings. The lowest BCUT2D eigenvalue weighted by molar-refractivity contribution is 0.209. The molecule has 0 heterocycles. The molecule has 0 saturated heterocycles. The van der Waals surface area contributed by atoms with Gasteiger partial charge in [-0.15, -0.1) is 0 Å². The van der Waals surface area contributed by atoms with E-state index in [1.165, 1.54) is 4.90 Å². The van der Waals surface area contributed by atoms with Gasteiger partial charge < -0.3 is 4.74 Å². The van der Waals surface area contributed by atoms with Crippen molar-refractivity contribution < 1.29 is 9.53 Å². The molecule has 0 N–H and O–H groups in total. The first kappa shape index (κ1) is 13.2. The predicted molar refractivity (Wildman–Crippen MR) is 84.8 cm³/mol. The summed E-state index contributed by atoms with van der Waals surface area (Å²) in [4.78, 5) is 13.7. The van der Waals surface area contributed by atoms with Crippen LogP contribution in [0.2, 0.25) is 0 Å². The van der Waals surface area contributed by atoms with E-state index in [2.05, 4.69) is 0 Å². The Kier molecular flexibility index (Phi) is 3.56. The van der Waals surface area contributed by atoms with Gasteiger partial charge in [0.25, 0.3) is 0 Å². The van der Waals surface area contributed by atoms with Crippen LogP contribution in [0.3, 0.4) is 0 Å². The standard InChI is InChI=1S/C18H15NO2/c1-19(15-10-3-2-4-11-15)18(20)21-17-13-7-9-14-8-5-6-12-16(14)17/h2-13H,1H3. The van der Waals surface area contributed by atoms with Crippen LogP contribution in [-0.4, -0.2) is 13.1 Å². The van der Waals surface area contributed by atoms with Crippen LogP contribution >= 0.6 is 0 Å². The number of carbonyl (C=O) groups excluding carboxylic acids is 1. The second kappa shape index (κ2) is 5.67. The normalized spacial score (nSPS) is 10.3. The highest BCUT2D eigenvalue weighted by atomic mass is 16.6. The molecule has 0 bridgehead atoms. The Morgan fingerprint density at radius 3 is 2.33 bits per heavy atom. The maximum atomic E-state index is 12.3. The summed E-state index contributed by atoms with van der Waals surface area (Å²) in [7, 11) is 1.70. The Hall–Kier alpha value is -2.81. The van der Waals surface area contributed by atoms with Gasteiger partial charge in [-0.05, 0) is 23.6 Å². The lowest BCUT2D eigenvalue weighted by Crippen LogP contribution is -2.29. The number of hydrogen-bond donors (Lipinski definition) is 0. The van der Waals surface area contributed by atoms with Crippen LogP contribution in [0.25, 0.3) is 10.8 Å². The van der Waals surface area contributed by atoms with E-state index >= 15 is 0 Å². The number of benzene rings is 3. The fourth-order valence-corrected chi connectivity index (χ4v) is 2.20. The average Bonchev–Trinajstić information content (AvgIpc) is 2.55. The van der Waals surface area contributed by atoms with E-state index in [0.29, 0.717) is 5.75 Å². The van der Waals surface area contributed by atoms with Crippen LogP contribution in [0.4, 0.5) is 10.5 Å². The average molecular weight is 277 g/mol. The van der Waals surface area contributed by atoms with Crippen molar-refractivity contribution in [3.63, 3.8) is 0 Å². The van der Waals surface area contributed by atoms with Gasteiger partial charge >= 0.3 is 6.09 Å². The Morgan fingerprint density at radius 2 is 1.52 bits per heavy atom. The minimum absolute atomic E-state index is 0.405. The van der Waals surface area contributed by atoms with Crippen LogP contribution in [0.5, 0.6) is 5.75 Å². The van der Waals surface area contributed by atoms with Gasteiger partial charge in [-0.2, -0.15) is 0 Å². The first-order valence-electron chi connectivity index (χ1n) is 6.74. The third-order valence-corrected chi connectivity index (χ3v) is 3.36. The van der Waals surface area contributed by atoms with E-state index in [-0.39, 0.29) is 0 Å². The molecule has 3 aromatic carbocycles. The van der Waals surface area contributed by atoms with Crippen molar-refractivity contribution in [2.45, 2.75) is 0 Å². The number of para-hydroxylation sites is 1. The highest BCUT2D eigenvalue weighted by Gasteiger charge is 2.14. The highest BCUT2D eigenvalue weighted by Crippen LogP contribution is 2.26. The zero-order chi connectivity index (χ0) is 14.7. The number of amides is 1. The molecule has 0 aromatic heterocycles. The molecule has 0 atom stereocenters. The third kappa shape index (κ3) is 2.72. The summed E-state index contributed by atoms with van der Waals surface area (Å²) in [6.45, 7) is 0. The van der Waals surface area contributed by atoms with E-state index in [1.807, 2.05) is 66.7 Å². The van der Waals surface area contributed by atoms with Gasteiger partial charge in [-0.1, -0.05) is 54.6 Å². The molecule has 0 spiro atoms. The van der Waals surface area contributed by atoms with Crippen molar-refractivity contribution in [2.24, 2.45) is 0 Å². The molecule has 0 fully saturated rings. The van der Waals surface area contributed by atoms with Gasteiger partial charge in [0.1, 0.15) is 5.75 Å². The van der Waals surface area contributed by atoms with Crippen molar-refractivity contribution >= 4 is 22.6 Å². The van der Waals surface area contributed by atoms with E-state index in [1.54, 1.807) is 13.1 Å². The van der Waals surface area contributed by atoms with Crippen molar-refractivity contribution in [3.05, 3.63) is 72.8 Å². The largest absolute Gasteiger partial charge is 0.419 e. The van der Waals surface area contributed by atoms with Gasteiger partial charge in [0, 0.05) is 18.1 Å². The summed E-state index contributed by atoms with van der Waals surface area (Å²) in [5.41, 5.74) is 0.794. The predicted octanol–water partition coefficient (Wildman–Crippen LogP) is 4.48. The summed E-state index contributed by atoms with van der Waals surface area (Å²) in [5.74, 6) is 0.570. The fraction of sp³-hybridized carbons (Fsp3) is 0.0556. The van der Waals surface area contributed by atoms with Gasteiger partial charge in [-0.3, -0.25) is 4.90 Å². The second-order valence-electron chi connectivity index (χ2n) is 4.74. The molecule has 1 amide bonds. The molecule has 104 valence electrons. The Labute approximate surface area is 123 Å². The first-order valence-corrected chi connectivity index (χ1v) is 6.74. The minimum Gasteiger partial charge on any atom is -0.409 e. The van der Waals surface area contributed by atoms with Crippen LogP contribution in [-0.2, 0) is 0 Å². The van der Waals surface area contributed by atoms with Gasteiger partial charge in [0.2, 0.25) is 0 Å². The molecule has 0 aliphatic carbocycles. The molecule has 0 saturated carbocycles. The van der Waals surface area contributed by atoms with Crippen molar-refractivity contribution in [1.82, 2.24) is 0 Å². The molecule has 21 heavy (non-hydrogen) atoms. The maximum Gasteiger partial charge on any atom is 0.419 e. The molecule has 3 rings (SSSR count). The zero-order valence-electron chi connectivity index (χ0n) is 11.7. The van der Waals surface area contributed by atoms with E-state index in [0.717, 1.165) is 16.5 Å². The van der Waals surface area contributed by atoms with Gasteiger partial charge in [0.05, 0.1) is 0 Å². The van der Waals surface area contributed by atoms with E-state index in [4.69, 9.17) is 4.74 Å². The number of nitrogens with zero attached hydrogens (tertiary/aromatic N) is 1. The minimum atomic E-state index is -0.405. The number of ether oxygens (including phenoxy) is 1. The number of carbonyl (C=O) groups is 1. The number of hydrogen-bond acceptors (Lipinski definition) is 2. The fourth-order valence-electron chi connectivity index (χ4n) is 2.20. The Bertz CT molecular complexity index is 763. The number of rotatable bonds is 2. The molecule has 3 heteroatoms. The SMILES string of the molecule is CN(C(=O)Oc1cccc2ccccc12)c1ccccc1. The summed E-state index contributed by atoms with van der Waals surface area (Å²) < 4.78 is 5.53. The van der Waals surface area contributed by atoms with Crippen molar-refractivity contribution in [3.8, 4) is 5.75 Å². The van der Waals surface area contributed by atoms with Gasteiger partial charge in [0.15, 0.2) is 0 Å². The van der Waals surface area contributed by atoms with E-state index < -0.39 is 6.09 Å². The topological polar surface area (TPSA) is 29.5 Å². The number of anilines is 1. The molecule has 0 aliphatic rings. The van der Waals surface area contributed by atoms with Crippen LogP contribution in [0, 0.1) is 0 Å². The molecule has 0 aliphatic heterocycles. The monoisotopic (exact) mass is 277 g/mol. The lowest BCUT2D eigenvalue weighted by Gasteiger charge is -2.17. The van der Waals surface area contributed by atoms with Gasteiger partial charge in [-0.25, -0.2) is 4.79 Å².